The van der Waals surface area contributed by atoms with Gasteiger partial charge in [0.1, 0.15) is 4.88 Å². The van der Waals surface area contributed by atoms with E-state index in [1.54, 1.807) is 13.1 Å². The zero-order valence-electron chi connectivity index (χ0n) is 15.8. The SMILES string of the molecule is Cc1nc(NS(C)(=O)=O)sc1C(=O)NCCCNc1ccnc2cc(Cl)ccc12. The van der Waals surface area contributed by atoms with Gasteiger partial charge >= 0.3 is 0 Å². The van der Waals surface area contributed by atoms with Crippen molar-refractivity contribution in [1.82, 2.24) is 15.3 Å². The number of anilines is 2. The number of carbonyl (C=O) groups excluding carboxylic acids is 1. The number of hydrogen-bond acceptors (Lipinski definition) is 7. The normalized spacial score (nSPS) is 11.4. The molecule has 0 aliphatic carbocycles. The molecule has 2 heterocycles. The number of sulfonamides is 1. The van der Waals surface area contributed by atoms with Gasteiger partial charge in [0.25, 0.3) is 5.91 Å². The minimum Gasteiger partial charge on any atom is -0.384 e. The monoisotopic (exact) mass is 453 g/mol. The van der Waals surface area contributed by atoms with E-state index >= 15 is 0 Å². The molecule has 0 spiro atoms. The maximum Gasteiger partial charge on any atom is 0.263 e. The summed E-state index contributed by atoms with van der Waals surface area (Å²) in [6, 6.07) is 7.45. The van der Waals surface area contributed by atoms with Gasteiger partial charge in [-0.25, -0.2) is 13.4 Å². The van der Waals surface area contributed by atoms with Gasteiger partial charge in [-0.15, -0.1) is 0 Å². The van der Waals surface area contributed by atoms with Crippen LogP contribution in [-0.2, 0) is 10.0 Å². The number of hydrogen-bond donors (Lipinski definition) is 3. The minimum atomic E-state index is -3.43. The summed E-state index contributed by atoms with van der Waals surface area (Å²) < 4.78 is 24.9. The Hall–Kier alpha value is -2.43. The summed E-state index contributed by atoms with van der Waals surface area (Å²) in [7, 11) is -3.43. The third-order valence-corrected chi connectivity index (χ3v) is 5.93. The fourth-order valence-corrected chi connectivity index (χ4v) is 4.56. The number of halogens is 1. The quantitative estimate of drug-likeness (QED) is 0.451. The molecule has 29 heavy (non-hydrogen) atoms. The molecule has 0 fully saturated rings. The lowest BCUT2D eigenvalue weighted by atomic mass is 10.2. The number of carbonyl (C=O) groups is 1. The standard InChI is InChI=1S/C18H20ClN5O3S2/c1-11-16(28-18(23-11)24-29(2,26)27)17(25)22-8-3-7-20-14-6-9-21-15-10-12(19)4-5-13(14)15/h4-6,9-10H,3,7-8H2,1-2H3,(H,20,21)(H,22,25)(H,23,24). The zero-order chi connectivity index (χ0) is 21.0. The number of rotatable bonds is 8. The molecule has 3 aromatic rings. The summed E-state index contributed by atoms with van der Waals surface area (Å²) in [5.74, 6) is -0.273. The Kier molecular flexibility index (Phi) is 6.56. The van der Waals surface area contributed by atoms with E-state index in [0.29, 0.717) is 35.1 Å². The number of benzene rings is 1. The molecule has 0 aliphatic heterocycles. The predicted octanol–water partition coefficient (Wildman–Crippen LogP) is 3.26. The Morgan fingerprint density at radius 1 is 1.24 bits per heavy atom. The van der Waals surface area contributed by atoms with Crippen LogP contribution in [0.15, 0.2) is 30.5 Å². The summed E-state index contributed by atoms with van der Waals surface area (Å²) in [6.07, 6.45) is 3.46. The van der Waals surface area contributed by atoms with E-state index in [0.717, 1.165) is 34.2 Å². The Balaban J connectivity index is 1.51. The second kappa shape index (κ2) is 8.93. The Bertz CT molecular complexity index is 1150. The number of nitrogens with zero attached hydrogens (tertiary/aromatic N) is 2. The molecule has 0 aliphatic rings. The first kappa shape index (κ1) is 21.3. The predicted molar refractivity (Wildman–Crippen MR) is 118 cm³/mol. The Morgan fingerprint density at radius 3 is 2.79 bits per heavy atom. The summed E-state index contributed by atoms with van der Waals surface area (Å²) >= 11 is 7.01. The third kappa shape index (κ3) is 5.78. The number of nitrogens with one attached hydrogen (secondary N) is 3. The van der Waals surface area contributed by atoms with Gasteiger partial charge in [0.15, 0.2) is 5.13 Å². The third-order valence-electron chi connectivity index (χ3n) is 3.93. The molecule has 0 radical (unpaired) electrons. The summed E-state index contributed by atoms with van der Waals surface area (Å²) in [5, 5.41) is 7.97. The lowest BCUT2D eigenvalue weighted by Gasteiger charge is -2.10. The fourth-order valence-electron chi connectivity index (χ4n) is 2.68. The first-order chi connectivity index (χ1) is 13.7. The van der Waals surface area contributed by atoms with Gasteiger partial charge < -0.3 is 10.6 Å². The number of thiazole rings is 1. The van der Waals surface area contributed by atoms with Gasteiger partial charge in [-0.05, 0) is 37.6 Å². The van der Waals surface area contributed by atoms with Crippen molar-refractivity contribution >= 4 is 60.6 Å². The molecular weight excluding hydrogens is 434 g/mol. The average Bonchev–Trinajstić information content (AvgIpc) is 2.99. The van der Waals surface area contributed by atoms with Gasteiger partial charge in [-0.3, -0.25) is 14.5 Å². The number of aromatic nitrogens is 2. The number of fused-ring (bicyclic) bond motifs is 1. The van der Waals surface area contributed by atoms with Crippen LogP contribution in [0, 0.1) is 6.92 Å². The molecule has 1 aromatic carbocycles. The molecule has 0 bridgehead atoms. The summed E-state index contributed by atoms with van der Waals surface area (Å²) in [6.45, 7) is 2.79. The van der Waals surface area contributed by atoms with Gasteiger partial charge in [0, 0.05) is 35.4 Å². The lowest BCUT2D eigenvalue weighted by molar-refractivity contribution is 0.0957. The van der Waals surface area contributed by atoms with Crippen molar-refractivity contribution in [3.63, 3.8) is 0 Å². The van der Waals surface area contributed by atoms with Gasteiger partial charge in [-0.1, -0.05) is 22.9 Å². The minimum absolute atomic E-state index is 0.182. The number of amides is 1. The molecule has 3 rings (SSSR count). The zero-order valence-corrected chi connectivity index (χ0v) is 18.2. The van der Waals surface area contributed by atoms with Gasteiger partial charge in [-0.2, -0.15) is 0 Å². The molecule has 0 saturated heterocycles. The molecular formula is C18H20ClN5O3S2. The highest BCUT2D eigenvalue weighted by molar-refractivity contribution is 7.92. The van der Waals surface area contributed by atoms with Crippen LogP contribution in [0.4, 0.5) is 10.8 Å². The highest BCUT2D eigenvalue weighted by Gasteiger charge is 2.16. The van der Waals surface area contributed by atoms with Crippen LogP contribution in [-0.4, -0.2) is 43.6 Å². The van der Waals surface area contributed by atoms with Crippen LogP contribution in [0.5, 0.6) is 0 Å². The van der Waals surface area contributed by atoms with Gasteiger partial charge in [0.2, 0.25) is 10.0 Å². The van der Waals surface area contributed by atoms with Crippen molar-refractivity contribution < 1.29 is 13.2 Å². The van der Waals surface area contributed by atoms with E-state index in [9.17, 15) is 13.2 Å². The topological polar surface area (TPSA) is 113 Å². The fraction of sp³-hybridized carbons (Fsp3) is 0.278. The van der Waals surface area contributed by atoms with E-state index in [1.165, 1.54) is 0 Å². The van der Waals surface area contributed by atoms with E-state index in [2.05, 4.69) is 25.3 Å². The van der Waals surface area contributed by atoms with Crippen LogP contribution in [0.1, 0.15) is 21.8 Å². The first-order valence-electron chi connectivity index (χ1n) is 8.74. The smallest absolute Gasteiger partial charge is 0.263 e. The molecule has 154 valence electrons. The second-order valence-electron chi connectivity index (χ2n) is 6.36. The van der Waals surface area contributed by atoms with Crippen molar-refractivity contribution in [2.75, 3.05) is 29.4 Å². The maximum atomic E-state index is 12.3. The molecule has 3 N–H and O–H groups in total. The van der Waals surface area contributed by atoms with E-state index in [1.807, 2.05) is 24.3 Å². The van der Waals surface area contributed by atoms with Crippen molar-refractivity contribution in [2.24, 2.45) is 0 Å². The molecule has 8 nitrogen and oxygen atoms in total. The van der Waals surface area contributed by atoms with Crippen LogP contribution in [0.2, 0.25) is 5.02 Å². The molecule has 0 saturated carbocycles. The van der Waals surface area contributed by atoms with Gasteiger partial charge in [0.05, 0.1) is 17.5 Å². The number of aryl methyl sites for hydroxylation is 1. The van der Waals surface area contributed by atoms with Crippen molar-refractivity contribution in [2.45, 2.75) is 13.3 Å². The second-order valence-corrected chi connectivity index (χ2v) is 9.55. The maximum absolute atomic E-state index is 12.3. The van der Waals surface area contributed by atoms with Crippen molar-refractivity contribution in [1.29, 1.82) is 0 Å². The lowest BCUT2D eigenvalue weighted by Crippen LogP contribution is -2.25. The Labute approximate surface area is 177 Å². The summed E-state index contributed by atoms with van der Waals surface area (Å²) in [4.78, 5) is 21.1. The highest BCUT2D eigenvalue weighted by Crippen LogP contribution is 2.25. The van der Waals surface area contributed by atoms with Crippen molar-refractivity contribution in [3.05, 3.63) is 46.1 Å². The molecule has 2 aromatic heterocycles. The largest absolute Gasteiger partial charge is 0.384 e. The number of pyridine rings is 1. The summed E-state index contributed by atoms with van der Waals surface area (Å²) in [5.41, 5.74) is 2.25. The van der Waals surface area contributed by atoms with E-state index in [-0.39, 0.29) is 11.0 Å². The Morgan fingerprint density at radius 2 is 2.03 bits per heavy atom. The van der Waals surface area contributed by atoms with Crippen molar-refractivity contribution in [3.8, 4) is 0 Å². The van der Waals surface area contributed by atoms with Crippen LogP contribution in [0.3, 0.4) is 0 Å². The van der Waals surface area contributed by atoms with Crippen LogP contribution in [0.25, 0.3) is 10.9 Å². The molecule has 11 heteroatoms. The van der Waals surface area contributed by atoms with Crippen LogP contribution >= 0.6 is 22.9 Å². The van der Waals surface area contributed by atoms with E-state index in [4.69, 9.17) is 11.6 Å². The average molecular weight is 454 g/mol. The first-order valence-corrected chi connectivity index (χ1v) is 11.8. The van der Waals surface area contributed by atoms with E-state index < -0.39 is 10.0 Å². The van der Waals surface area contributed by atoms with Crippen LogP contribution < -0.4 is 15.4 Å². The molecule has 1 amide bonds. The molecule has 0 atom stereocenters. The molecule has 0 unspecified atom stereocenters. The highest BCUT2D eigenvalue weighted by atomic mass is 35.5.